The molecule has 0 saturated carbocycles. The maximum absolute atomic E-state index is 9.87. The summed E-state index contributed by atoms with van der Waals surface area (Å²) in [5, 5.41) is 14.4. The number of nitrogens with one attached hydrogen (secondary N) is 2. The topological polar surface area (TPSA) is 73.7 Å². The zero-order chi connectivity index (χ0) is 7.98. The molecule has 0 aliphatic heterocycles. The molecule has 0 rings (SSSR count). The van der Waals surface area contributed by atoms with Gasteiger partial charge in [0.15, 0.2) is 0 Å². The molecule has 0 aromatic carbocycles. The summed E-state index contributed by atoms with van der Waals surface area (Å²) in [7, 11) is 1.76. The molecule has 5 nitrogen and oxygen atoms in total. The van der Waals surface area contributed by atoms with Crippen LogP contribution in [-0.2, 0) is 0 Å². The number of hydrogen-bond donors (Lipinski definition) is 3. The van der Waals surface area contributed by atoms with Crippen LogP contribution < -0.4 is 10.7 Å². The van der Waals surface area contributed by atoms with Gasteiger partial charge in [0.2, 0.25) is 0 Å². The second kappa shape index (κ2) is 4.75. The van der Waals surface area contributed by atoms with Crippen molar-refractivity contribution in [2.45, 2.75) is 6.92 Å². The minimum atomic E-state index is -1.14. The van der Waals surface area contributed by atoms with E-state index in [-0.39, 0.29) is 0 Å². The lowest BCUT2D eigenvalue weighted by molar-refractivity contribution is 0.195. The highest BCUT2D eigenvalue weighted by molar-refractivity contribution is 5.84. The molecule has 0 fully saturated rings. The van der Waals surface area contributed by atoms with Crippen molar-refractivity contribution in [3.63, 3.8) is 0 Å². The third kappa shape index (κ3) is 5.04. The van der Waals surface area contributed by atoms with Crippen LogP contribution >= 0.6 is 0 Å². The van der Waals surface area contributed by atoms with Gasteiger partial charge in [-0.05, 0) is 14.0 Å². The highest BCUT2D eigenvalue weighted by atomic mass is 16.4. The summed E-state index contributed by atoms with van der Waals surface area (Å²) in [6.45, 7) is 2.31. The summed E-state index contributed by atoms with van der Waals surface area (Å²) in [6, 6.07) is 0. The third-order valence-corrected chi connectivity index (χ3v) is 0.775. The Morgan fingerprint density at radius 3 is 2.70 bits per heavy atom. The van der Waals surface area contributed by atoms with E-state index >= 15 is 0 Å². The van der Waals surface area contributed by atoms with Crippen molar-refractivity contribution in [2.24, 2.45) is 5.10 Å². The van der Waals surface area contributed by atoms with Crippen molar-refractivity contribution in [1.82, 2.24) is 10.7 Å². The van der Waals surface area contributed by atoms with Crippen LogP contribution in [-0.4, -0.2) is 30.5 Å². The molecule has 0 spiro atoms. The van der Waals surface area contributed by atoms with E-state index in [0.29, 0.717) is 12.3 Å². The van der Waals surface area contributed by atoms with Gasteiger partial charge in [0.25, 0.3) is 0 Å². The molecule has 5 heteroatoms. The first-order valence-electron chi connectivity index (χ1n) is 2.83. The van der Waals surface area contributed by atoms with Gasteiger partial charge in [-0.2, -0.15) is 5.10 Å². The molecule has 0 aliphatic carbocycles. The van der Waals surface area contributed by atoms with Crippen molar-refractivity contribution in [1.29, 1.82) is 0 Å². The van der Waals surface area contributed by atoms with Crippen LogP contribution in [0.25, 0.3) is 0 Å². The van der Waals surface area contributed by atoms with Gasteiger partial charge in [-0.1, -0.05) is 0 Å². The second-order valence-corrected chi connectivity index (χ2v) is 1.79. The van der Waals surface area contributed by atoms with Crippen LogP contribution in [0.3, 0.4) is 0 Å². The highest BCUT2D eigenvalue weighted by Gasteiger charge is 1.90. The average molecular weight is 145 g/mol. The van der Waals surface area contributed by atoms with Gasteiger partial charge in [0.1, 0.15) is 0 Å². The Bertz CT molecular complexity index is 144. The summed E-state index contributed by atoms with van der Waals surface area (Å²) in [5.74, 6) is 0. The lowest BCUT2D eigenvalue weighted by Gasteiger charge is -1.96. The summed E-state index contributed by atoms with van der Waals surface area (Å²) in [4.78, 5) is 9.87. The van der Waals surface area contributed by atoms with E-state index in [1.165, 1.54) is 0 Å². The summed E-state index contributed by atoms with van der Waals surface area (Å²) in [5.41, 5.74) is 2.59. The second-order valence-electron chi connectivity index (χ2n) is 1.79. The van der Waals surface area contributed by atoms with E-state index in [0.717, 1.165) is 0 Å². The van der Waals surface area contributed by atoms with Crippen molar-refractivity contribution >= 4 is 11.8 Å². The molecule has 1 amide bonds. The van der Waals surface area contributed by atoms with Crippen LogP contribution in [0, 0.1) is 0 Å². The minimum absolute atomic E-state index is 0.584. The van der Waals surface area contributed by atoms with Crippen LogP contribution in [0.4, 0.5) is 4.79 Å². The Morgan fingerprint density at radius 2 is 2.30 bits per heavy atom. The molecular weight excluding hydrogens is 134 g/mol. The first kappa shape index (κ1) is 8.90. The van der Waals surface area contributed by atoms with Gasteiger partial charge in [-0.3, -0.25) is 0 Å². The van der Waals surface area contributed by atoms with Crippen LogP contribution in [0.15, 0.2) is 5.10 Å². The zero-order valence-corrected chi connectivity index (χ0v) is 6.01. The summed E-state index contributed by atoms with van der Waals surface area (Å²) in [6.07, 6.45) is -1.14. The van der Waals surface area contributed by atoms with E-state index in [4.69, 9.17) is 5.11 Å². The molecule has 3 N–H and O–H groups in total. The number of nitrogens with zero attached hydrogens (tertiary/aromatic N) is 1. The molecule has 10 heavy (non-hydrogen) atoms. The van der Waals surface area contributed by atoms with E-state index in [2.05, 4.69) is 10.4 Å². The van der Waals surface area contributed by atoms with Crippen LogP contribution in [0.1, 0.15) is 6.92 Å². The van der Waals surface area contributed by atoms with E-state index in [9.17, 15) is 4.79 Å². The Hall–Kier alpha value is -1.10. The van der Waals surface area contributed by atoms with Crippen LogP contribution in [0.5, 0.6) is 0 Å². The zero-order valence-electron chi connectivity index (χ0n) is 6.01. The van der Waals surface area contributed by atoms with E-state index < -0.39 is 6.09 Å². The Morgan fingerprint density at radius 1 is 1.70 bits per heavy atom. The van der Waals surface area contributed by atoms with Gasteiger partial charge in [0, 0.05) is 12.3 Å². The van der Waals surface area contributed by atoms with Crippen molar-refractivity contribution in [3.8, 4) is 0 Å². The number of rotatable bonds is 3. The smallest absolute Gasteiger partial charge is 0.425 e. The molecular formula is C5H11N3O2. The third-order valence-electron chi connectivity index (χ3n) is 0.775. The quantitative estimate of drug-likeness (QED) is 0.382. The maximum atomic E-state index is 9.87. The van der Waals surface area contributed by atoms with Crippen molar-refractivity contribution in [2.75, 3.05) is 13.6 Å². The Labute approximate surface area is 59.1 Å². The van der Waals surface area contributed by atoms with Gasteiger partial charge in [0.05, 0.1) is 0 Å². The lowest BCUT2D eigenvalue weighted by Crippen LogP contribution is -2.21. The highest BCUT2D eigenvalue weighted by Crippen LogP contribution is 1.70. The molecule has 0 aromatic rings. The number of hydrogen-bond acceptors (Lipinski definition) is 3. The molecule has 0 unspecified atom stereocenters. The number of amides is 1. The Balaban J connectivity index is 3.57. The predicted molar refractivity (Wildman–Crippen MR) is 38.2 cm³/mol. The van der Waals surface area contributed by atoms with Gasteiger partial charge in [-0.15, -0.1) is 0 Å². The monoisotopic (exact) mass is 145 g/mol. The standard InChI is InChI=1S/C5H11N3O2/c1-4(3-6-2)7-8-5(9)10/h6,8H,3H2,1-2H3,(H,9,10)/b7-4-. The molecule has 0 radical (unpaired) electrons. The van der Waals surface area contributed by atoms with Crippen molar-refractivity contribution in [3.05, 3.63) is 0 Å². The first-order valence-corrected chi connectivity index (χ1v) is 2.83. The van der Waals surface area contributed by atoms with E-state index in [1.807, 2.05) is 5.43 Å². The predicted octanol–water partition coefficient (Wildman–Crippen LogP) is -0.151. The SMILES string of the molecule is CNC/C(C)=N\NC(=O)O. The fourth-order valence-electron chi connectivity index (χ4n) is 0.439. The maximum Gasteiger partial charge on any atom is 0.425 e. The summed E-state index contributed by atoms with van der Waals surface area (Å²) >= 11 is 0. The molecule has 0 aromatic heterocycles. The number of carboxylic acid groups (broad SMARTS) is 1. The largest absolute Gasteiger partial charge is 0.464 e. The normalized spacial score (nSPS) is 11.2. The molecule has 0 atom stereocenters. The van der Waals surface area contributed by atoms with Gasteiger partial charge in [-0.25, -0.2) is 10.2 Å². The fourth-order valence-corrected chi connectivity index (χ4v) is 0.439. The number of carbonyl (C=O) groups is 1. The molecule has 0 heterocycles. The Kier molecular flexibility index (Phi) is 4.23. The molecule has 0 saturated heterocycles. The first-order chi connectivity index (χ1) is 4.66. The van der Waals surface area contributed by atoms with Crippen molar-refractivity contribution < 1.29 is 9.90 Å². The van der Waals surface area contributed by atoms with Crippen LogP contribution in [0.2, 0.25) is 0 Å². The van der Waals surface area contributed by atoms with Gasteiger partial charge < -0.3 is 10.4 Å². The molecule has 0 aliphatic rings. The molecule has 0 bridgehead atoms. The lowest BCUT2D eigenvalue weighted by atomic mass is 10.4. The molecule has 58 valence electrons. The fraction of sp³-hybridized carbons (Fsp3) is 0.600. The average Bonchev–Trinajstić information content (AvgIpc) is 1.85. The van der Waals surface area contributed by atoms with E-state index in [1.54, 1.807) is 14.0 Å². The number of hydrazone groups is 1. The van der Waals surface area contributed by atoms with Gasteiger partial charge >= 0.3 is 6.09 Å². The summed E-state index contributed by atoms with van der Waals surface area (Å²) < 4.78 is 0. The minimum Gasteiger partial charge on any atom is -0.464 e.